The lowest BCUT2D eigenvalue weighted by Crippen LogP contribution is -2.39. The van der Waals surface area contributed by atoms with Crippen molar-refractivity contribution in [2.45, 2.75) is 12.0 Å². The fraction of sp³-hybridized carbons (Fsp3) is 0.308. The lowest BCUT2D eigenvalue weighted by Gasteiger charge is -2.25. The van der Waals surface area contributed by atoms with Crippen molar-refractivity contribution in [3.05, 3.63) is 42.5 Å². The van der Waals surface area contributed by atoms with Crippen LogP contribution >= 0.6 is 0 Å². The SMILES string of the molecule is C=CC[C@@]1(OC)C(=O)N(C)c2ccccc21. The number of anilines is 1. The first kappa shape index (κ1) is 10.9. The number of methoxy groups -OCH3 is 1. The molecule has 1 amide bonds. The molecule has 1 atom stereocenters. The predicted molar refractivity (Wildman–Crippen MR) is 63.4 cm³/mol. The van der Waals surface area contributed by atoms with Crippen molar-refractivity contribution in [1.29, 1.82) is 0 Å². The minimum atomic E-state index is -0.882. The molecule has 0 fully saturated rings. The average Bonchev–Trinajstić information content (AvgIpc) is 2.53. The van der Waals surface area contributed by atoms with Gasteiger partial charge in [0.05, 0.1) is 5.69 Å². The van der Waals surface area contributed by atoms with Crippen LogP contribution in [0.1, 0.15) is 12.0 Å². The Morgan fingerprint density at radius 3 is 2.81 bits per heavy atom. The third-order valence-electron chi connectivity index (χ3n) is 3.13. The zero-order valence-electron chi connectivity index (χ0n) is 9.56. The van der Waals surface area contributed by atoms with Gasteiger partial charge in [0.2, 0.25) is 0 Å². The smallest absolute Gasteiger partial charge is 0.264 e. The summed E-state index contributed by atoms with van der Waals surface area (Å²) in [6.45, 7) is 3.70. The number of hydrogen-bond acceptors (Lipinski definition) is 2. The molecule has 0 saturated heterocycles. The first-order valence-corrected chi connectivity index (χ1v) is 5.21. The zero-order valence-corrected chi connectivity index (χ0v) is 9.56. The summed E-state index contributed by atoms with van der Waals surface area (Å²) in [7, 11) is 3.34. The molecule has 0 aliphatic carbocycles. The molecule has 0 spiro atoms. The number of rotatable bonds is 3. The number of ether oxygens (including phenoxy) is 1. The normalized spacial score (nSPS) is 23.4. The number of amides is 1. The minimum Gasteiger partial charge on any atom is -0.363 e. The second-order valence-electron chi connectivity index (χ2n) is 3.91. The topological polar surface area (TPSA) is 29.5 Å². The maximum Gasteiger partial charge on any atom is 0.264 e. The summed E-state index contributed by atoms with van der Waals surface area (Å²) in [6.07, 6.45) is 2.21. The predicted octanol–water partition coefficient (Wildman–Crippen LogP) is 2.08. The van der Waals surface area contributed by atoms with Crippen LogP contribution < -0.4 is 4.90 Å². The molecular weight excluding hydrogens is 202 g/mol. The molecule has 2 rings (SSSR count). The van der Waals surface area contributed by atoms with E-state index in [1.54, 1.807) is 25.1 Å². The molecule has 1 aliphatic heterocycles. The second kappa shape index (κ2) is 3.76. The molecule has 0 aromatic heterocycles. The van der Waals surface area contributed by atoms with Crippen molar-refractivity contribution < 1.29 is 9.53 Å². The van der Waals surface area contributed by atoms with Crippen molar-refractivity contribution in [3.8, 4) is 0 Å². The van der Waals surface area contributed by atoms with E-state index in [0.717, 1.165) is 11.3 Å². The summed E-state index contributed by atoms with van der Waals surface area (Å²) in [4.78, 5) is 13.9. The fourth-order valence-electron chi connectivity index (χ4n) is 2.28. The molecular formula is C13H15NO2. The summed E-state index contributed by atoms with van der Waals surface area (Å²) in [5.41, 5.74) is 0.953. The van der Waals surface area contributed by atoms with Crippen LogP contribution in [0.3, 0.4) is 0 Å². The molecule has 16 heavy (non-hydrogen) atoms. The maximum absolute atomic E-state index is 12.3. The van der Waals surface area contributed by atoms with Gasteiger partial charge < -0.3 is 9.64 Å². The highest BCUT2D eigenvalue weighted by Crippen LogP contribution is 2.43. The van der Waals surface area contributed by atoms with Crippen molar-refractivity contribution in [2.24, 2.45) is 0 Å². The Bertz CT molecular complexity index is 441. The van der Waals surface area contributed by atoms with Gasteiger partial charge in [-0.3, -0.25) is 4.79 Å². The van der Waals surface area contributed by atoms with Gasteiger partial charge >= 0.3 is 0 Å². The maximum atomic E-state index is 12.3. The standard InChI is InChI=1S/C13H15NO2/c1-4-9-13(16-3)10-7-5-6-8-11(10)14(2)12(13)15/h4-8H,1,9H2,2-3H3/t13-/m0/s1. The molecule has 1 aromatic rings. The largest absolute Gasteiger partial charge is 0.363 e. The molecule has 1 aliphatic rings. The van der Waals surface area contributed by atoms with Gasteiger partial charge in [0, 0.05) is 26.1 Å². The zero-order chi connectivity index (χ0) is 11.8. The highest BCUT2D eigenvalue weighted by Gasteiger charge is 2.49. The first-order chi connectivity index (χ1) is 7.67. The summed E-state index contributed by atoms with van der Waals surface area (Å²) >= 11 is 0. The van der Waals surface area contributed by atoms with Crippen molar-refractivity contribution in [3.63, 3.8) is 0 Å². The van der Waals surface area contributed by atoms with E-state index < -0.39 is 5.60 Å². The number of hydrogen-bond donors (Lipinski definition) is 0. The Balaban J connectivity index is 2.63. The van der Waals surface area contributed by atoms with Crippen LogP contribution in [-0.2, 0) is 15.1 Å². The Labute approximate surface area is 95.3 Å². The minimum absolute atomic E-state index is 0.0314. The van der Waals surface area contributed by atoms with Gasteiger partial charge in [0.15, 0.2) is 5.60 Å². The second-order valence-corrected chi connectivity index (χ2v) is 3.91. The Morgan fingerprint density at radius 2 is 2.19 bits per heavy atom. The van der Waals surface area contributed by atoms with E-state index in [4.69, 9.17) is 4.74 Å². The average molecular weight is 217 g/mol. The Kier molecular flexibility index (Phi) is 2.56. The molecule has 0 unspecified atom stereocenters. The third kappa shape index (κ3) is 1.21. The molecule has 0 N–H and O–H groups in total. The fourth-order valence-corrected chi connectivity index (χ4v) is 2.28. The van der Waals surface area contributed by atoms with Gasteiger partial charge in [-0.15, -0.1) is 6.58 Å². The van der Waals surface area contributed by atoms with Crippen molar-refractivity contribution in [1.82, 2.24) is 0 Å². The van der Waals surface area contributed by atoms with Crippen LogP contribution in [0.5, 0.6) is 0 Å². The van der Waals surface area contributed by atoms with E-state index in [0.29, 0.717) is 6.42 Å². The van der Waals surface area contributed by atoms with E-state index in [-0.39, 0.29) is 5.91 Å². The van der Waals surface area contributed by atoms with Gasteiger partial charge in [0.1, 0.15) is 0 Å². The van der Waals surface area contributed by atoms with Crippen LogP contribution in [0.4, 0.5) is 5.69 Å². The van der Waals surface area contributed by atoms with E-state index >= 15 is 0 Å². The first-order valence-electron chi connectivity index (χ1n) is 5.21. The number of carbonyl (C=O) groups excluding carboxylic acids is 1. The van der Waals surface area contributed by atoms with Crippen LogP contribution in [-0.4, -0.2) is 20.1 Å². The number of benzene rings is 1. The van der Waals surface area contributed by atoms with Gasteiger partial charge in [0.25, 0.3) is 5.91 Å². The summed E-state index contributed by atoms with van der Waals surface area (Å²) in [5, 5.41) is 0. The molecule has 1 aromatic carbocycles. The number of likely N-dealkylation sites (N-methyl/N-ethyl adjacent to an activating group) is 1. The van der Waals surface area contributed by atoms with E-state index in [9.17, 15) is 4.79 Å². The summed E-state index contributed by atoms with van der Waals surface area (Å²) < 4.78 is 5.49. The summed E-state index contributed by atoms with van der Waals surface area (Å²) in [6, 6.07) is 7.70. The quantitative estimate of drug-likeness (QED) is 0.725. The lowest BCUT2D eigenvalue weighted by atomic mass is 9.91. The number of fused-ring (bicyclic) bond motifs is 1. The molecule has 0 radical (unpaired) electrons. The van der Waals surface area contributed by atoms with E-state index in [1.165, 1.54) is 0 Å². The van der Waals surface area contributed by atoms with Gasteiger partial charge in [-0.05, 0) is 6.07 Å². The van der Waals surface area contributed by atoms with E-state index in [1.807, 2.05) is 24.3 Å². The molecule has 0 bridgehead atoms. The monoisotopic (exact) mass is 217 g/mol. The number of para-hydroxylation sites is 1. The molecule has 1 heterocycles. The van der Waals surface area contributed by atoms with Crippen molar-refractivity contribution in [2.75, 3.05) is 19.1 Å². The van der Waals surface area contributed by atoms with Crippen LogP contribution in [0.25, 0.3) is 0 Å². The van der Waals surface area contributed by atoms with E-state index in [2.05, 4.69) is 6.58 Å². The van der Waals surface area contributed by atoms with Crippen LogP contribution in [0, 0.1) is 0 Å². The van der Waals surface area contributed by atoms with Gasteiger partial charge in [-0.25, -0.2) is 0 Å². The van der Waals surface area contributed by atoms with Crippen molar-refractivity contribution >= 4 is 11.6 Å². The lowest BCUT2D eigenvalue weighted by molar-refractivity contribution is -0.139. The highest BCUT2D eigenvalue weighted by atomic mass is 16.5. The summed E-state index contributed by atoms with van der Waals surface area (Å²) in [5.74, 6) is -0.0314. The number of nitrogens with zero attached hydrogens (tertiary/aromatic N) is 1. The van der Waals surface area contributed by atoms with Crippen LogP contribution in [0.15, 0.2) is 36.9 Å². The molecule has 0 saturated carbocycles. The Hall–Kier alpha value is -1.61. The Morgan fingerprint density at radius 1 is 1.50 bits per heavy atom. The highest BCUT2D eigenvalue weighted by molar-refractivity contribution is 6.06. The number of carbonyl (C=O) groups is 1. The van der Waals surface area contributed by atoms with Gasteiger partial charge in [-0.1, -0.05) is 24.3 Å². The van der Waals surface area contributed by atoms with Crippen LogP contribution in [0.2, 0.25) is 0 Å². The third-order valence-corrected chi connectivity index (χ3v) is 3.13. The molecule has 3 nitrogen and oxygen atoms in total. The molecule has 3 heteroatoms. The van der Waals surface area contributed by atoms with Gasteiger partial charge in [-0.2, -0.15) is 0 Å². The molecule has 84 valence electrons.